The number of rotatable bonds is 7. The average molecular weight is 306 g/mol. The molecule has 0 radical (unpaired) electrons. The highest BCUT2D eigenvalue weighted by Crippen LogP contribution is 2.30. The van der Waals surface area contributed by atoms with Crippen LogP contribution in [-0.4, -0.2) is 30.9 Å². The summed E-state index contributed by atoms with van der Waals surface area (Å²) in [6.07, 6.45) is 0.365. The summed E-state index contributed by atoms with van der Waals surface area (Å²) in [6, 6.07) is 4.28. The second kappa shape index (κ2) is 7.38. The molecule has 0 N–H and O–H groups in total. The SMILES string of the molecule is COC(C)=C(C)C(C)(C#N)N=NC(C)(C#N)CC(C)(C)OC. The fraction of sp³-hybridized carbons (Fsp3) is 0.750. The van der Waals surface area contributed by atoms with Crippen molar-refractivity contribution in [1.29, 1.82) is 10.5 Å². The Labute approximate surface area is 133 Å². The molecular formula is C16H26N4O2. The van der Waals surface area contributed by atoms with E-state index in [2.05, 4.69) is 22.4 Å². The molecule has 0 aromatic carbocycles. The van der Waals surface area contributed by atoms with Crippen LogP contribution in [0.2, 0.25) is 0 Å². The van der Waals surface area contributed by atoms with Crippen molar-refractivity contribution in [3.8, 4) is 12.1 Å². The van der Waals surface area contributed by atoms with Gasteiger partial charge in [-0.05, 0) is 41.5 Å². The lowest BCUT2D eigenvalue weighted by Crippen LogP contribution is -2.35. The summed E-state index contributed by atoms with van der Waals surface area (Å²) in [4.78, 5) is 0. The molecule has 0 rings (SSSR count). The molecule has 0 spiro atoms. The van der Waals surface area contributed by atoms with Gasteiger partial charge in [0.05, 0.1) is 30.6 Å². The number of hydrogen-bond acceptors (Lipinski definition) is 6. The maximum absolute atomic E-state index is 9.45. The van der Waals surface area contributed by atoms with E-state index in [1.54, 1.807) is 34.8 Å². The predicted octanol–water partition coefficient (Wildman–Crippen LogP) is 3.76. The Morgan fingerprint density at radius 1 is 1.00 bits per heavy atom. The summed E-state index contributed by atoms with van der Waals surface area (Å²) in [5.74, 6) is 0.610. The van der Waals surface area contributed by atoms with Crippen LogP contribution in [0.5, 0.6) is 0 Å². The van der Waals surface area contributed by atoms with Gasteiger partial charge in [0.2, 0.25) is 0 Å². The first-order valence-corrected chi connectivity index (χ1v) is 7.03. The zero-order valence-corrected chi connectivity index (χ0v) is 14.8. The molecule has 0 aromatic rings. The minimum Gasteiger partial charge on any atom is -0.501 e. The number of nitrogens with zero attached hydrogens (tertiary/aromatic N) is 4. The first-order valence-electron chi connectivity index (χ1n) is 7.03. The Morgan fingerprint density at radius 2 is 1.55 bits per heavy atom. The molecular weight excluding hydrogens is 280 g/mol. The van der Waals surface area contributed by atoms with Crippen LogP contribution in [0.15, 0.2) is 21.6 Å². The zero-order valence-electron chi connectivity index (χ0n) is 14.8. The van der Waals surface area contributed by atoms with Crippen LogP contribution in [0.1, 0.15) is 48.0 Å². The first kappa shape index (κ1) is 20.1. The highest BCUT2D eigenvalue weighted by molar-refractivity contribution is 5.29. The van der Waals surface area contributed by atoms with E-state index in [1.165, 1.54) is 7.11 Å². The van der Waals surface area contributed by atoms with Gasteiger partial charge < -0.3 is 9.47 Å². The fourth-order valence-electron chi connectivity index (χ4n) is 1.89. The molecule has 0 aliphatic carbocycles. The molecule has 0 amide bonds. The molecule has 2 atom stereocenters. The monoisotopic (exact) mass is 306 g/mol. The van der Waals surface area contributed by atoms with Gasteiger partial charge in [-0.3, -0.25) is 0 Å². The van der Waals surface area contributed by atoms with Crippen molar-refractivity contribution in [3.63, 3.8) is 0 Å². The largest absolute Gasteiger partial charge is 0.501 e. The van der Waals surface area contributed by atoms with Gasteiger partial charge in [0.25, 0.3) is 0 Å². The lowest BCUT2D eigenvalue weighted by Gasteiger charge is -2.29. The Kier molecular flexibility index (Phi) is 6.73. The van der Waals surface area contributed by atoms with Crippen LogP contribution in [0.25, 0.3) is 0 Å². The lowest BCUT2D eigenvalue weighted by atomic mass is 9.89. The van der Waals surface area contributed by atoms with E-state index >= 15 is 0 Å². The van der Waals surface area contributed by atoms with Crippen molar-refractivity contribution >= 4 is 0 Å². The quantitative estimate of drug-likeness (QED) is 0.529. The van der Waals surface area contributed by atoms with Gasteiger partial charge >= 0.3 is 0 Å². The molecule has 0 aliphatic heterocycles. The van der Waals surface area contributed by atoms with E-state index in [9.17, 15) is 10.5 Å². The van der Waals surface area contributed by atoms with Crippen molar-refractivity contribution in [3.05, 3.63) is 11.3 Å². The van der Waals surface area contributed by atoms with E-state index in [0.29, 0.717) is 17.8 Å². The fourth-order valence-corrected chi connectivity index (χ4v) is 1.89. The lowest BCUT2D eigenvalue weighted by molar-refractivity contribution is 0.00469. The van der Waals surface area contributed by atoms with E-state index in [1.807, 2.05) is 13.8 Å². The summed E-state index contributed by atoms with van der Waals surface area (Å²) < 4.78 is 10.5. The highest BCUT2D eigenvalue weighted by atomic mass is 16.5. The molecule has 0 bridgehead atoms. The van der Waals surface area contributed by atoms with Crippen molar-refractivity contribution in [2.75, 3.05) is 14.2 Å². The first-order chi connectivity index (χ1) is 9.99. The van der Waals surface area contributed by atoms with E-state index in [4.69, 9.17) is 9.47 Å². The van der Waals surface area contributed by atoms with Crippen molar-refractivity contribution in [2.45, 2.75) is 64.6 Å². The molecule has 0 saturated carbocycles. The van der Waals surface area contributed by atoms with Gasteiger partial charge in [-0.1, -0.05) is 0 Å². The molecule has 122 valence electrons. The van der Waals surface area contributed by atoms with Gasteiger partial charge in [0.15, 0.2) is 11.1 Å². The van der Waals surface area contributed by atoms with Crippen molar-refractivity contribution < 1.29 is 9.47 Å². The molecule has 0 aliphatic rings. The smallest absolute Gasteiger partial charge is 0.188 e. The molecule has 6 heteroatoms. The van der Waals surface area contributed by atoms with Gasteiger partial charge in [-0.25, -0.2) is 0 Å². The van der Waals surface area contributed by atoms with E-state index in [0.717, 1.165) is 0 Å². The summed E-state index contributed by atoms with van der Waals surface area (Å²) in [6.45, 7) is 10.6. The zero-order chi connectivity index (χ0) is 17.6. The second-order valence-corrected chi connectivity index (χ2v) is 6.30. The third-order valence-corrected chi connectivity index (χ3v) is 3.82. The molecule has 0 heterocycles. The number of nitriles is 2. The molecule has 2 unspecified atom stereocenters. The van der Waals surface area contributed by atoms with Gasteiger partial charge in [0.1, 0.15) is 0 Å². The molecule has 0 saturated heterocycles. The van der Waals surface area contributed by atoms with Crippen LogP contribution in [0.3, 0.4) is 0 Å². The summed E-state index contributed by atoms with van der Waals surface area (Å²) in [7, 11) is 3.12. The van der Waals surface area contributed by atoms with E-state index < -0.39 is 16.7 Å². The molecule has 6 nitrogen and oxygen atoms in total. The summed E-state index contributed by atoms with van der Waals surface area (Å²) >= 11 is 0. The van der Waals surface area contributed by atoms with Crippen LogP contribution < -0.4 is 0 Å². The summed E-state index contributed by atoms with van der Waals surface area (Å²) in [5.41, 5.74) is -2.10. The Hall–Kier alpha value is -1.92. The topological polar surface area (TPSA) is 90.8 Å². The number of azo groups is 1. The molecule has 0 aromatic heterocycles. The highest BCUT2D eigenvalue weighted by Gasteiger charge is 2.35. The Morgan fingerprint density at radius 3 is 1.91 bits per heavy atom. The Balaban J connectivity index is 5.62. The minimum absolute atomic E-state index is 0.365. The second-order valence-electron chi connectivity index (χ2n) is 6.30. The normalized spacial score (nSPS) is 18.6. The van der Waals surface area contributed by atoms with Crippen molar-refractivity contribution in [1.82, 2.24) is 0 Å². The number of hydrogen-bond donors (Lipinski definition) is 0. The molecule has 0 fully saturated rings. The van der Waals surface area contributed by atoms with Gasteiger partial charge in [0, 0.05) is 19.1 Å². The number of allylic oxidation sites excluding steroid dienone is 1. The third-order valence-electron chi connectivity index (χ3n) is 3.82. The third kappa shape index (κ3) is 5.13. The maximum atomic E-state index is 9.45. The standard InChI is InChI=1S/C16H26N4O2/c1-12(13(2)21-7)16(6,11-18)20-19-15(5,10-17)9-14(3,4)22-8/h9H2,1-8H3. The minimum atomic E-state index is -1.17. The van der Waals surface area contributed by atoms with Gasteiger partial charge in [-0.15, -0.1) is 0 Å². The predicted molar refractivity (Wildman–Crippen MR) is 84.0 cm³/mol. The van der Waals surface area contributed by atoms with Crippen LogP contribution in [-0.2, 0) is 9.47 Å². The van der Waals surface area contributed by atoms with Crippen molar-refractivity contribution in [2.24, 2.45) is 10.2 Å². The molecule has 22 heavy (non-hydrogen) atoms. The maximum Gasteiger partial charge on any atom is 0.188 e. The summed E-state index contributed by atoms with van der Waals surface area (Å²) in [5, 5.41) is 27.2. The number of ether oxygens (including phenoxy) is 2. The van der Waals surface area contributed by atoms with Crippen LogP contribution in [0.4, 0.5) is 0 Å². The number of methoxy groups -OCH3 is 2. The average Bonchev–Trinajstić information content (AvgIpc) is 2.50. The van der Waals surface area contributed by atoms with Crippen LogP contribution in [0, 0.1) is 22.7 Å². The van der Waals surface area contributed by atoms with Crippen LogP contribution >= 0.6 is 0 Å². The van der Waals surface area contributed by atoms with Gasteiger partial charge in [-0.2, -0.15) is 20.8 Å². The Bertz CT molecular complexity index is 539. The van der Waals surface area contributed by atoms with E-state index in [-0.39, 0.29) is 0 Å².